The quantitative estimate of drug-likeness (QED) is 0.784. The van der Waals surface area contributed by atoms with E-state index < -0.39 is 0 Å². The van der Waals surface area contributed by atoms with Gasteiger partial charge in [-0.3, -0.25) is 0 Å². The first-order chi connectivity index (χ1) is 6.42. The minimum absolute atomic E-state index is 0.0389. The van der Waals surface area contributed by atoms with Gasteiger partial charge in [0, 0.05) is 0 Å². The third-order valence-electron chi connectivity index (χ3n) is 1.86. The maximum Gasteiger partial charge on any atom is 0.130 e. The molecule has 1 aromatic heterocycles. The minimum Gasteiger partial charge on any atom is -0.459 e. The van der Waals surface area contributed by atoms with E-state index in [4.69, 9.17) is 9.52 Å². The van der Waals surface area contributed by atoms with Crippen LogP contribution in [0.2, 0.25) is 0 Å². The molecule has 0 radical (unpaired) electrons. The molecule has 78 valence electrons. The van der Waals surface area contributed by atoms with Crippen LogP contribution in [0.3, 0.4) is 0 Å². The van der Waals surface area contributed by atoms with Crippen LogP contribution in [0.5, 0.6) is 0 Å². The van der Waals surface area contributed by atoms with Gasteiger partial charge in [0.15, 0.2) is 0 Å². The number of aliphatic hydroxyl groups excluding tert-OH is 1. The summed E-state index contributed by atoms with van der Waals surface area (Å²) in [6.45, 7) is 8.42. The lowest BCUT2D eigenvalue weighted by Gasteiger charge is -2.13. The zero-order valence-electron chi connectivity index (χ0n) is 9.29. The first-order valence-corrected chi connectivity index (χ1v) is 4.82. The SMILES string of the molecule is C/C(=C\C(C)(C)C)c1ccc(CO)o1. The molecule has 1 N–H and O–H groups in total. The summed E-state index contributed by atoms with van der Waals surface area (Å²) in [5, 5.41) is 8.85. The molecule has 0 saturated carbocycles. The van der Waals surface area contributed by atoms with E-state index in [1.807, 2.05) is 13.0 Å². The number of furan rings is 1. The van der Waals surface area contributed by atoms with Gasteiger partial charge in [0.1, 0.15) is 18.1 Å². The number of rotatable bonds is 2. The van der Waals surface area contributed by atoms with Gasteiger partial charge >= 0.3 is 0 Å². The van der Waals surface area contributed by atoms with E-state index >= 15 is 0 Å². The Balaban J connectivity index is 2.89. The van der Waals surface area contributed by atoms with Crippen molar-refractivity contribution in [2.24, 2.45) is 5.41 Å². The highest BCUT2D eigenvalue weighted by molar-refractivity contribution is 5.59. The Kier molecular flexibility index (Phi) is 3.17. The molecule has 2 nitrogen and oxygen atoms in total. The minimum atomic E-state index is -0.0389. The van der Waals surface area contributed by atoms with Crippen LogP contribution in [0.1, 0.15) is 39.2 Å². The van der Waals surface area contributed by atoms with E-state index in [1.165, 1.54) is 0 Å². The molecule has 0 atom stereocenters. The van der Waals surface area contributed by atoms with Crippen molar-refractivity contribution >= 4 is 5.57 Å². The van der Waals surface area contributed by atoms with Crippen molar-refractivity contribution in [1.29, 1.82) is 0 Å². The van der Waals surface area contributed by atoms with Crippen molar-refractivity contribution in [3.63, 3.8) is 0 Å². The highest BCUT2D eigenvalue weighted by atomic mass is 16.4. The molecule has 1 rings (SSSR count). The lowest BCUT2D eigenvalue weighted by atomic mass is 9.93. The van der Waals surface area contributed by atoms with Crippen LogP contribution in [0.4, 0.5) is 0 Å². The molecule has 0 aliphatic heterocycles. The Morgan fingerprint density at radius 3 is 2.50 bits per heavy atom. The average Bonchev–Trinajstić information content (AvgIpc) is 2.48. The van der Waals surface area contributed by atoms with E-state index in [0.717, 1.165) is 11.3 Å². The summed E-state index contributed by atoms with van der Waals surface area (Å²) in [6, 6.07) is 3.69. The molecule has 0 spiro atoms. The van der Waals surface area contributed by atoms with E-state index in [1.54, 1.807) is 6.07 Å². The molecular weight excluding hydrogens is 176 g/mol. The third kappa shape index (κ3) is 3.04. The van der Waals surface area contributed by atoms with Crippen molar-refractivity contribution in [2.45, 2.75) is 34.3 Å². The zero-order valence-corrected chi connectivity index (χ0v) is 9.29. The van der Waals surface area contributed by atoms with Gasteiger partial charge in [0.2, 0.25) is 0 Å². The van der Waals surface area contributed by atoms with E-state index in [9.17, 15) is 0 Å². The van der Waals surface area contributed by atoms with Crippen LogP contribution in [0.25, 0.3) is 5.57 Å². The van der Waals surface area contributed by atoms with E-state index in [0.29, 0.717) is 5.76 Å². The maximum atomic E-state index is 8.85. The fraction of sp³-hybridized carbons (Fsp3) is 0.500. The fourth-order valence-electron chi connectivity index (χ4n) is 1.40. The van der Waals surface area contributed by atoms with Crippen LogP contribution < -0.4 is 0 Å². The smallest absolute Gasteiger partial charge is 0.130 e. The van der Waals surface area contributed by atoms with Gasteiger partial charge in [0.05, 0.1) is 0 Å². The van der Waals surface area contributed by atoms with Crippen molar-refractivity contribution < 1.29 is 9.52 Å². The van der Waals surface area contributed by atoms with Crippen LogP contribution in [-0.2, 0) is 6.61 Å². The molecule has 0 fully saturated rings. The van der Waals surface area contributed by atoms with Crippen molar-refractivity contribution in [1.82, 2.24) is 0 Å². The largest absolute Gasteiger partial charge is 0.459 e. The van der Waals surface area contributed by atoms with Gasteiger partial charge in [0.25, 0.3) is 0 Å². The zero-order chi connectivity index (χ0) is 10.8. The average molecular weight is 194 g/mol. The Morgan fingerprint density at radius 1 is 1.43 bits per heavy atom. The summed E-state index contributed by atoms with van der Waals surface area (Å²) in [6.07, 6.45) is 2.16. The van der Waals surface area contributed by atoms with Gasteiger partial charge in [-0.1, -0.05) is 26.8 Å². The highest BCUT2D eigenvalue weighted by Gasteiger charge is 2.09. The molecular formula is C12H18O2. The summed E-state index contributed by atoms with van der Waals surface area (Å²) in [7, 11) is 0. The molecule has 2 heteroatoms. The summed E-state index contributed by atoms with van der Waals surface area (Å²) in [5.74, 6) is 1.45. The lowest BCUT2D eigenvalue weighted by molar-refractivity contribution is 0.246. The molecule has 0 aromatic carbocycles. The first-order valence-electron chi connectivity index (χ1n) is 4.82. The molecule has 0 aliphatic rings. The van der Waals surface area contributed by atoms with Gasteiger partial charge in [-0.25, -0.2) is 0 Å². The number of hydrogen-bond donors (Lipinski definition) is 1. The number of hydrogen-bond acceptors (Lipinski definition) is 2. The number of allylic oxidation sites excluding steroid dienone is 2. The fourth-order valence-corrected chi connectivity index (χ4v) is 1.40. The van der Waals surface area contributed by atoms with Crippen LogP contribution in [0.15, 0.2) is 22.6 Å². The second kappa shape index (κ2) is 4.01. The van der Waals surface area contributed by atoms with Crippen molar-refractivity contribution in [3.8, 4) is 0 Å². The molecule has 0 bridgehead atoms. The van der Waals surface area contributed by atoms with Crippen LogP contribution in [-0.4, -0.2) is 5.11 Å². The van der Waals surface area contributed by atoms with Crippen LogP contribution >= 0.6 is 0 Å². The standard InChI is InChI=1S/C12H18O2/c1-9(7-12(2,3)4)11-6-5-10(8-13)14-11/h5-7,13H,8H2,1-4H3/b9-7+. The number of aliphatic hydroxyl groups is 1. The topological polar surface area (TPSA) is 33.4 Å². The van der Waals surface area contributed by atoms with Gasteiger partial charge in [-0.2, -0.15) is 0 Å². The molecule has 0 amide bonds. The molecule has 1 heterocycles. The maximum absolute atomic E-state index is 8.85. The second-order valence-electron chi connectivity index (χ2n) is 4.62. The highest BCUT2D eigenvalue weighted by Crippen LogP contribution is 2.24. The Hall–Kier alpha value is -1.02. The molecule has 0 aliphatic carbocycles. The van der Waals surface area contributed by atoms with Crippen LogP contribution in [0, 0.1) is 5.41 Å². The summed E-state index contributed by atoms with van der Waals surface area (Å²) in [4.78, 5) is 0. The van der Waals surface area contributed by atoms with E-state index in [2.05, 4.69) is 26.8 Å². The monoisotopic (exact) mass is 194 g/mol. The Morgan fingerprint density at radius 2 is 2.07 bits per heavy atom. The molecule has 14 heavy (non-hydrogen) atoms. The van der Waals surface area contributed by atoms with Gasteiger partial charge in [-0.05, 0) is 30.0 Å². The first kappa shape index (κ1) is 11.1. The summed E-state index contributed by atoms with van der Waals surface area (Å²) >= 11 is 0. The van der Waals surface area contributed by atoms with Gasteiger partial charge in [-0.15, -0.1) is 0 Å². The molecule has 1 aromatic rings. The Bertz CT molecular complexity index is 326. The van der Waals surface area contributed by atoms with Crippen molar-refractivity contribution in [3.05, 3.63) is 29.7 Å². The molecule has 0 unspecified atom stereocenters. The predicted octanol–water partition coefficient (Wildman–Crippen LogP) is 3.22. The normalized spacial score (nSPS) is 13.4. The van der Waals surface area contributed by atoms with Crippen molar-refractivity contribution in [2.75, 3.05) is 0 Å². The van der Waals surface area contributed by atoms with Gasteiger partial charge < -0.3 is 9.52 Å². The molecule has 0 saturated heterocycles. The second-order valence-corrected chi connectivity index (χ2v) is 4.62. The predicted molar refractivity (Wildman–Crippen MR) is 57.7 cm³/mol. The summed E-state index contributed by atoms with van der Waals surface area (Å²) in [5.41, 5.74) is 1.26. The Labute approximate surface area is 85.2 Å². The lowest BCUT2D eigenvalue weighted by Crippen LogP contribution is -1.99. The van der Waals surface area contributed by atoms with E-state index in [-0.39, 0.29) is 12.0 Å². The third-order valence-corrected chi connectivity index (χ3v) is 1.86. The summed E-state index contributed by atoms with van der Waals surface area (Å²) < 4.78 is 5.42.